The van der Waals surface area contributed by atoms with Crippen molar-refractivity contribution in [3.8, 4) is 0 Å². The van der Waals surface area contributed by atoms with Crippen LogP contribution in [0.4, 0.5) is 0 Å². The maximum atomic E-state index is 12.8. The van der Waals surface area contributed by atoms with Crippen LogP contribution < -0.4 is 10.9 Å². The summed E-state index contributed by atoms with van der Waals surface area (Å²) in [4.78, 5) is 40.9. The molecule has 0 unspecified atom stereocenters. The molecule has 0 radical (unpaired) electrons. The predicted octanol–water partition coefficient (Wildman–Crippen LogP) is 0.978. The summed E-state index contributed by atoms with van der Waals surface area (Å²) < 4.78 is 0. The molecule has 0 aromatic carbocycles. The average molecular weight is 317 g/mol. The lowest BCUT2D eigenvalue weighted by Crippen LogP contribution is -2.39. The molecule has 124 valence electrons. The number of nitrogens with zero attached hydrogens (tertiary/aromatic N) is 1. The zero-order chi connectivity index (χ0) is 16.7. The molecule has 3 rings (SSSR count). The lowest BCUT2D eigenvalue weighted by molar-refractivity contribution is -0.124. The number of carbonyl (C=O) groups is 2. The van der Waals surface area contributed by atoms with Gasteiger partial charge in [-0.05, 0) is 50.2 Å². The van der Waals surface area contributed by atoms with Gasteiger partial charge in [0.25, 0.3) is 11.5 Å². The number of amides is 2. The van der Waals surface area contributed by atoms with E-state index in [4.69, 9.17) is 0 Å². The number of pyridine rings is 1. The molecule has 1 aliphatic carbocycles. The van der Waals surface area contributed by atoms with Crippen molar-refractivity contribution in [2.75, 3.05) is 13.6 Å². The molecule has 2 aliphatic rings. The van der Waals surface area contributed by atoms with Crippen LogP contribution in [0.3, 0.4) is 0 Å². The van der Waals surface area contributed by atoms with Gasteiger partial charge >= 0.3 is 0 Å². The summed E-state index contributed by atoms with van der Waals surface area (Å²) in [6.07, 6.45) is 2.27. The van der Waals surface area contributed by atoms with Crippen molar-refractivity contribution < 1.29 is 9.59 Å². The van der Waals surface area contributed by atoms with E-state index in [0.29, 0.717) is 30.4 Å². The van der Waals surface area contributed by atoms with Gasteiger partial charge in [0, 0.05) is 31.7 Å². The monoisotopic (exact) mass is 317 g/mol. The second-order valence-electron chi connectivity index (χ2n) is 6.91. The zero-order valence-electron chi connectivity index (χ0n) is 13.8. The summed E-state index contributed by atoms with van der Waals surface area (Å²) in [5, 5.41) is 2.90. The fourth-order valence-electron chi connectivity index (χ4n) is 4.01. The van der Waals surface area contributed by atoms with E-state index >= 15 is 0 Å². The lowest BCUT2D eigenvalue weighted by atomic mass is 9.89. The van der Waals surface area contributed by atoms with Gasteiger partial charge in [0.05, 0.1) is 0 Å². The molecule has 1 aromatic heterocycles. The Bertz CT molecular complexity index is 710. The fraction of sp³-hybridized carbons (Fsp3) is 0.588. The average Bonchev–Trinajstić information content (AvgIpc) is 2.88. The van der Waals surface area contributed by atoms with Crippen LogP contribution in [-0.4, -0.2) is 41.3 Å². The third-order valence-corrected chi connectivity index (χ3v) is 5.27. The molecule has 2 N–H and O–H groups in total. The molecule has 1 saturated heterocycles. The van der Waals surface area contributed by atoms with Crippen molar-refractivity contribution in [2.24, 2.45) is 11.8 Å². The Morgan fingerprint density at radius 3 is 2.61 bits per heavy atom. The Labute approximate surface area is 135 Å². The number of hydrogen-bond acceptors (Lipinski definition) is 3. The van der Waals surface area contributed by atoms with E-state index in [1.807, 2.05) is 6.07 Å². The van der Waals surface area contributed by atoms with E-state index in [2.05, 4.69) is 10.3 Å². The first-order valence-electron chi connectivity index (χ1n) is 8.11. The molecule has 2 fully saturated rings. The molecule has 0 bridgehead atoms. The molecule has 0 spiro atoms. The first kappa shape index (κ1) is 15.8. The smallest absolute Gasteiger partial charge is 0.261 e. The normalized spacial score (nSPS) is 26.6. The first-order chi connectivity index (χ1) is 10.9. The van der Waals surface area contributed by atoms with E-state index in [1.165, 1.54) is 0 Å². The Morgan fingerprint density at radius 1 is 1.22 bits per heavy atom. The number of nitrogens with one attached hydrogen (secondary N) is 2. The number of H-pyrrole nitrogens is 1. The Morgan fingerprint density at radius 2 is 1.91 bits per heavy atom. The maximum absolute atomic E-state index is 12.8. The van der Waals surface area contributed by atoms with E-state index in [0.717, 1.165) is 18.5 Å². The van der Waals surface area contributed by atoms with Crippen LogP contribution in [0.25, 0.3) is 0 Å². The molecule has 3 atom stereocenters. The predicted molar refractivity (Wildman–Crippen MR) is 86.3 cm³/mol. The van der Waals surface area contributed by atoms with Crippen molar-refractivity contribution in [1.29, 1.82) is 0 Å². The highest BCUT2D eigenvalue weighted by Gasteiger charge is 2.41. The van der Waals surface area contributed by atoms with Crippen molar-refractivity contribution in [3.05, 3.63) is 33.2 Å². The van der Waals surface area contributed by atoms with E-state index in [-0.39, 0.29) is 29.0 Å². The fourth-order valence-corrected chi connectivity index (χ4v) is 4.01. The molecule has 6 nitrogen and oxygen atoms in total. The van der Waals surface area contributed by atoms with E-state index in [1.54, 1.807) is 25.8 Å². The van der Waals surface area contributed by atoms with Gasteiger partial charge in [0.2, 0.25) is 5.91 Å². The van der Waals surface area contributed by atoms with Crippen LogP contribution >= 0.6 is 0 Å². The van der Waals surface area contributed by atoms with E-state index in [9.17, 15) is 14.4 Å². The Hall–Kier alpha value is -2.11. The van der Waals surface area contributed by atoms with Gasteiger partial charge in [-0.25, -0.2) is 0 Å². The van der Waals surface area contributed by atoms with Gasteiger partial charge in [-0.15, -0.1) is 0 Å². The van der Waals surface area contributed by atoms with Crippen LogP contribution in [-0.2, 0) is 4.79 Å². The highest BCUT2D eigenvalue weighted by molar-refractivity contribution is 5.95. The Balaban J connectivity index is 1.79. The highest BCUT2D eigenvalue weighted by Crippen LogP contribution is 2.38. The number of aromatic amines is 1. The van der Waals surface area contributed by atoms with Gasteiger partial charge in [-0.3, -0.25) is 14.4 Å². The van der Waals surface area contributed by atoms with Crippen molar-refractivity contribution in [3.63, 3.8) is 0 Å². The van der Waals surface area contributed by atoms with Gasteiger partial charge in [0.15, 0.2) is 0 Å². The summed E-state index contributed by atoms with van der Waals surface area (Å²) in [6, 6.07) is 1.91. The second kappa shape index (κ2) is 5.83. The summed E-state index contributed by atoms with van der Waals surface area (Å²) in [6.45, 7) is 4.30. The number of fused-ring (bicyclic) bond motifs is 1. The minimum Gasteiger partial charge on any atom is -0.356 e. The first-order valence-corrected chi connectivity index (χ1v) is 8.11. The minimum atomic E-state index is -0.327. The van der Waals surface area contributed by atoms with Crippen molar-refractivity contribution >= 4 is 11.8 Å². The number of aryl methyl sites for hydroxylation is 2. The quantitative estimate of drug-likeness (QED) is 0.853. The summed E-state index contributed by atoms with van der Waals surface area (Å²) in [7, 11) is 1.76. The number of piperidine rings is 1. The molecule has 2 heterocycles. The highest BCUT2D eigenvalue weighted by atomic mass is 16.2. The van der Waals surface area contributed by atoms with Crippen LogP contribution in [0.2, 0.25) is 0 Å². The van der Waals surface area contributed by atoms with Gasteiger partial charge in [0.1, 0.15) is 5.56 Å². The van der Waals surface area contributed by atoms with Gasteiger partial charge in [-0.1, -0.05) is 0 Å². The number of aromatic nitrogens is 1. The largest absolute Gasteiger partial charge is 0.356 e. The summed E-state index contributed by atoms with van der Waals surface area (Å²) in [5.74, 6) is 0.658. The summed E-state index contributed by atoms with van der Waals surface area (Å²) >= 11 is 0. The standard InChI is InChI=1S/C17H23N3O3/c1-9-4-10(2)19-16(22)15(9)17(23)20(3)13-5-11-7-14(21)18-8-12(11)6-13/h4,11-13H,5-8H2,1-3H3,(H,18,21)(H,19,22)/t11-,12+,13-/m1/s1. The molecular formula is C17H23N3O3. The van der Waals surface area contributed by atoms with Gasteiger partial charge < -0.3 is 15.2 Å². The molecule has 6 heteroatoms. The number of hydrogen-bond donors (Lipinski definition) is 2. The zero-order valence-corrected chi connectivity index (χ0v) is 13.8. The maximum Gasteiger partial charge on any atom is 0.261 e. The van der Waals surface area contributed by atoms with E-state index < -0.39 is 0 Å². The minimum absolute atomic E-state index is 0.0882. The molecule has 23 heavy (non-hydrogen) atoms. The summed E-state index contributed by atoms with van der Waals surface area (Å²) in [5.41, 5.74) is 1.35. The third kappa shape index (κ3) is 2.90. The molecular weight excluding hydrogens is 294 g/mol. The van der Waals surface area contributed by atoms with Crippen molar-refractivity contribution in [1.82, 2.24) is 15.2 Å². The number of carbonyl (C=O) groups excluding carboxylic acids is 2. The molecule has 2 amide bonds. The van der Waals surface area contributed by atoms with Crippen molar-refractivity contribution in [2.45, 2.75) is 39.2 Å². The molecule has 1 saturated carbocycles. The van der Waals surface area contributed by atoms with Crippen LogP contribution in [0.15, 0.2) is 10.9 Å². The Kier molecular flexibility index (Phi) is 4.00. The van der Waals surface area contributed by atoms with Crippen LogP contribution in [0, 0.1) is 25.7 Å². The van der Waals surface area contributed by atoms with Crippen LogP contribution in [0.1, 0.15) is 40.9 Å². The van der Waals surface area contributed by atoms with Gasteiger partial charge in [-0.2, -0.15) is 0 Å². The third-order valence-electron chi connectivity index (χ3n) is 5.27. The topological polar surface area (TPSA) is 82.3 Å². The molecule has 1 aliphatic heterocycles. The molecule has 1 aromatic rings. The van der Waals surface area contributed by atoms with Crippen LogP contribution in [0.5, 0.6) is 0 Å². The SMILES string of the molecule is Cc1cc(C)c(C(=O)N(C)[C@H]2C[C@H]3CNC(=O)C[C@H]3C2)c(=O)[nH]1. The second-order valence-corrected chi connectivity index (χ2v) is 6.91. The lowest BCUT2D eigenvalue weighted by Gasteiger charge is -2.25. The number of rotatable bonds is 2.